The van der Waals surface area contributed by atoms with Crippen LogP contribution in [-0.2, 0) is 4.74 Å². The van der Waals surface area contributed by atoms with Crippen LogP contribution in [0.25, 0.3) is 0 Å². The number of hydrogen-bond donors (Lipinski definition) is 1. The summed E-state index contributed by atoms with van der Waals surface area (Å²) in [5, 5.41) is 3.62. The number of furan rings is 1. The molecule has 0 spiro atoms. The Bertz CT molecular complexity index is 541. The first-order chi connectivity index (χ1) is 9.77. The molecule has 2 aromatic rings. The smallest absolute Gasteiger partial charge is 0.198 e. The Hall–Kier alpha value is -1.49. The van der Waals surface area contributed by atoms with E-state index in [1.807, 2.05) is 37.4 Å². The van der Waals surface area contributed by atoms with Gasteiger partial charge in [-0.05, 0) is 30.8 Å². The molecule has 1 heterocycles. The van der Waals surface area contributed by atoms with Gasteiger partial charge in [0, 0.05) is 18.2 Å². The fourth-order valence-electron chi connectivity index (χ4n) is 2.07. The standard InChI is InChI=1S/C15H18ClNO3/c1-17-14(12-7-8-20-15(12)16)11-5-3-4-6-13(11)19-10-9-18-2/h3-8,14,17H,9-10H2,1-2H3. The summed E-state index contributed by atoms with van der Waals surface area (Å²) >= 11 is 6.07. The van der Waals surface area contributed by atoms with Crippen molar-refractivity contribution in [2.45, 2.75) is 6.04 Å². The molecule has 1 atom stereocenters. The Labute approximate surface area is 123 Å². The molecule has 1 aromatic heterocycles. The molecule has 0 radical (unpaired) electrons. The van der Waals surface area contributed by atoms with E-state index in [9.17, 15) is 0 Å². The monoisotopic (exact) mass is 295 g/mol. The van der Waals surface area contributed by atoms with Crippen LogP contribution in [-0.4, -0.2) is 27.4 Å². The molecule has 0 aliphatic carbocycles. The minimum atomic E-state index is -0.0833. The average molecular weight is 296 g/mol. The Morgan fingerprint density at radius 3 is 2.65 bits per heavy atom. The van der Waals surface area contributed by atoms with Crippen molar-refractivity contribution < 1.29 is 13.9 Å². The Morgan fingerprint density at radius 1 is 1.20 bits per heavy atom. The second-order valence-electron chi connectivity index (χ2n) is 4.25. The van der Waals surface area contributed by atoms with E-state index < -0.39 is 0 Å². The molecule has 1 aromatic carbocycles. The largest absolute Gasteiger partial charge is 0.491 e. The number of benzene rings is 1. The summed E-state index contributed by atoms with van der Waals surface area (Å²) in [4.78, 5) is 0. The topological polar surface area (TPSA) is 43.6 Å². The third-order valence-corrected chi connectivity index (χ3v) is 3.33. The summed E-state index contributed by atoms with van der Waals surface area (Å²) in [6, 6.07) is 9.62. The highest BCUT2D eigenvalue weighted by Crippen LogP contribution is 2.33. The molecule has 0 aliphatic rings. The van der Waals surface area contributed by atoms with Crippen LogP contribution in [0.15, 0.2) is 41.0 Å². The van der Waals surface area contributed by atoms with Crippen molar-refractivity contribution in [1.82, 2.24) is 5.32 Å². The lowest BCUT2D eigenvalue weighted by atomic mass is 10.0. The van der Waals surface area contributed by atoms with Crippen molar-refractivity contribution in [3.63, 3.8) is 0 Å². The maximum absolute atomic E-state index is 6.07. The summed E-state index contributed by atoms with van der Waals surface area (Å²) in [6.07, 6.45) is 1.58. The SMILES string of the molecule is CNC(c1ccccc1OCCOC)c1ccoc1Cl. The minimum absolute atomic E-state index is 0.0833. The van der Waals surface area contributed by atoms with Crippen LogP contribution in [0.4, 0.5) is 0 Å². The number of methoxy groups -OCH3 is 1. The van der Waals surface area contributed by atoms with Crippen LogP contribution < -0.4 is 10.1 Å². The normalized spacial score (nSPS) is 12.3. The number of halogens is 1. The van der Waals surface area contributed by atoms with E-state index in [4.69, 9.17) is 25.5 Å². The molecule has 1 unspecified atom stereocenters. The van der Waals surface area contributed by atoms with E-state index in [1.54, 1.807) is 13.4 Å². The van der Waals surface area contributed by atoms with Gasteiger partial charge in [-0.2, -0.15) is 0 Å². The molecular weight excluding hydrogens is 278 g/mol. The lowest BCUT2D eigenvalue weighted by molar-refractivity contribution is 0.145. The van der Waals surface area contributed by atoms with Gasteiger partial charge in [0.05, 0.1) is 18.9 Å². The third kappa shape index (κ3) is 3.33. The zero-order valence-corrected chi connectivity index (χ0v) is 12.3. The number of nitrogens with one attached hydrogen (secondary N) is 1. The summed E-state index contributed by atoms with van der Waals surface area (Å²) < 4.78 is 15.9. The summed E-state index contributed by atoms with van der Waals surface area (Å²) in [7, 11) is 3.52. The number of para-hydroxylation sites is 1. The van der Waals surface area contributed by atoms with Gasteiger partial charge in [0.1, 0.15) is 12.4 Å². The first kappa shape index (κ1) is 14.9. The van der Waals surface area contributed by atoms with Gasteiger partial charge in [0.25, 0.3) is 0 Å². The van der Waals surface area contributed by atoms with Gasteiger partial charge in [-0.25, -0.2) is 0 Å². The van der Waals surface area contributed by atoms with Crippen molar-refractivity contribution in [2.75, 3.05) is 27.4 Å². The summed E-state index contributed by atoms with van der Waals surface area (Å²) in [6.45, 7) is 1.05. The predicted octanol–water partition coefficient (Wildman–Crippen LogP) is 3.27. The Balaban J connectivity index is 2.28. The quantitative estimate of drug-likeness (QED) is 0.796. The molecule has 0 saturated carbocycles. The van der Waals surface area contributed by atoms with Gasteiger partial charge >= 0.3 is 0 Å². The highest BCUT2D eigenvalue weighted by atomic mass is 35.5. The van der Waals surface area contributed by atoms with E-state index in [-0.39, 0.29) is 6.04 Å². The lowest BCUT2D eigenvalue weighted by Crippen LogP contribution is -2.19. The van der Waals surface area contributed by atoms with Crippen molar-refractivity contribution in [3.8, 4) is 5.75 Å². The molecule has 0 aliphatic heterocycles. The molecule has 5 heteroatoms. The summed E-state index contributed by atoms with van der Waals surface area (Å²) in [5.41, 5.74) is 1.89. The van der Waals surface area contributed by atoms with Crippen molar-refractivity contribution in [3.05, 3.63) is 52.9 Å². The minimum Gasteiger partial charge on any atom is -0.491 e. The van der Waals surface area contributed by atoms with Gasteiger partial charge < -0.3 is 19.2 Å². The second kappa shape index (κ2) is 7.33. The number of rotatable bonds is 7. The molecule has 0 bridgehead atoms. The molecule has 1 N–H and O–H groups in total. The van der Waals surface area contributed by atoms with Gasteiger partial charge in [0.2, 0.25) is 0 Å². The molecule has 0 fully saturated rings. The zero-order chi connectivity index (χ0) is 14.4. The van der Waals surface area contributed by atoms with E-state index in [0.29, 0.717) is 18.4 Å². The molecule has 0 amide bonds. The zero-order valence-electron chi connectivity index (χ0n) is 11.6. The molecule has 20 heavy (non-hydrogen) atoms. The van der Waals surface area contributed by atoms with E-state index in [2.05, 4.69) is 5.32 Å². The fraction of sp³-hybridized carbons (Fsp3) is 0.333. The Kier molecular flexibility index (Phi) is 5.47. The van der Waals surface area contributed by atoms with Crippen molar-refractivity contribution >= 4 is 11.6 Å². The van der Waals surface area contributed by atoms with Crippen LogP contribution in [0.3, 0.4) is 0 Å². The maximum atomic E-state index is 6.07. The molecule has 108 valence electrons. The molecular formula is C15H18ClNO3. The second-order valence-corrected chi connectivity index (χ2v) is 4.59. The van der Waals surface area contributed by atoms with Crippen molar-refractivity contribution in [2.24, 2.45) is 0 Å². The van der Waals surface area contributed by atoms with Crippen LogP contribution in [0.2, 0.25) is 5.22 Å². The van der Waals surface area contributed by atoms with Gasteiger partial charge in [-0.3, -0.25) is 0 Å². The third-order valence-electron chi connectivity index (χ3n) is 3.02. The number of ether oxygens (including phenoxy) is 2. The van der Waals surface area contributed by atoms with Crippen LogP contribution in [0.1, 0.15) is 17.2 Å². The molecule has 0 saturated heterocycles. The molecule has 4 nitrogen and oxygen atoms in total. The highest BCUT2D eigenvalue weighted by molar-refractivity contribution is 6.29. The maximum Gasteiger partial charge on any atom is 0.198 e. The Morgan fingerprint density at radius 2 is 2.00 bits per heavy atom. The highest BCUT2D eigenvalue weighted by Gasteiger charge is 2.20. The summed E-state index contributed by atoms with van der Waals surface area (Å²) in [5.74, 6) is 0.807. The first-order valence-corrected chi connectivity index (χ1v) is 6.76. The fourth-order valence-corrected chi connectivity index (χ4v) is 2.30. The van der Waals surface area contributed by atoms with Gasteiger partial charge in [0.15, 0.2) is 5.22 Å². The van der Waals surface area contributed by atoms with E-state index in [0.717, 1.165) is 16.9 Å². The van der Waals surface area contributed by atoms with Crippen molar-refractivity contribution in [1.29, 1.82) is 0 Å². The van der Waals surface area contributed by atoms with Crippen LogP contribution >= 0.6 is 11.6 Å². The number of hydrogen-bond acceptors (Lipinski definition) is 4. The van der Waals surface area contributed by atoms with Gasteiger partial charge in [-0.15, -0.1) is 0 Å². The van der Waals surface area contributed by atoms with E-state index in [1.165, 1.54) is 0 Å². The van der Waals surface area contributed by atoms with Crippen LogP contribution in [0.5, 0.6) is 5.75 Å². The predicted molar refractivity (Wildman–Crippen MR) is 78.4 cm³/mol. The average Bonchev–Trinajstić information content (AvgIpc) is 2.88. The lowest BCUT2D eigenvalue weighted by Gasteiger charge is -2.19. The molecule has 2 rings (SSSR count). The van der Waals surface area contributed by atoms with Gasteiger partial charge in [-0.1, -0.05) is 18.2 Å². The first-order valence-electron chi connectivity index (χ1n) is 6.38. The van der Waals surface area contributed by atoms with E-state index >= 15 is 0 Å². The van der Waals surface area contributed by atoms with Crippen LogP contribution in [0, 0.1) is 0 Å².